The summed E-state index contributed by atoms with van der Waals surface area (Å²) in [5.74, 6) is -1.85. The number of benzene rings is 1. The quantitative estimate of drug-likeness (QED) is 0.101. The lowest BCUT2D eigenvalue weighted by Crippen LogP contribution is -2.31. The van der Waals surface area contributed by atoms with Crippen LogP contribution in [0.5, 0.6) is 5.75 Å². The van der Waals surface area contributed by atoms with Gasteiger partial charge >= 0.3 is 17.6 Å². The molecule has 0 aliphatic carbocycles. The van der Waals surface area contributed by atoms with Crippen LogP contribution in [0, 0.1) is 6.92 Å². The van der Waals surface area contributed by atoms with E-state index in [1.807, 2.05) is 19.1 Å². The van der Waals surface area contributed by atoms with Crippen molar-refractivity contribution >= 4 is 57.7 Å². The minimum atomic E-state index is -0.598. The van der Waals surface area contributed by atoms with Gasteiger partial charge in [0.2, 0.25) is 6.79 Å². The molecule has 2 aromatic heterocycles. The lowest BCUT2D eigenvalue weighted by atomic mass is 10.0. The first-order chi connectivity index (χ1) is 18.6. The van der Waals surface area contributed by atoms with Crippen molar-refractivity contribution < 1.29 is 37.9 Å². The molecule has 0 bridgehead atoms. The van der Waals surface area contributed by atoms with Crippen molar-refractivity contribution in [1.29, 1.82) is 0 Å². The smallest absolute Gasteiger partial charge is 0.345 e. The summed E-state index contributed by atoms with van der Waals surface area (Å²) in [4.78, 5) is 65.5. The molecule has 1 saturated heterocycles. The number of nitrogens with zero attached hydrogens (tertiary/aromatic N) is 1. The first kappa shape index (κ1) is 28.3. The Bertz CT molecular complexity index is 1480. The zero-order chi connectivity index (χ0) is 28.1. The zero-order valence-corrected chi connectivity index (χ0v) is 22.9. The topological polar surface area (TPSA) is 129 Å². The molecule has 0 atom stereocenters. The number of ether oxygens (including phenoxy) is 2. The predicted molar refractivity (Wildman–Crippen MR) is 142 cm³/mol. The second-order valence-electron chi connectivity index (χ2n) is 8.94. The Hall–Kier alpha value is -3.70. The SMILES string of the molecule is CC(=O)OCOc1cc2oc(=O)c(-c3ccc(CCCCCC(=O)ON4C(=O)CCC4=O)s3)c(C)c2cc1Cl. The molecule has 3 heterocycles. The molecule has 10 nitrogen and oxygen atoms in total. The molecule has 1 aliphatic heterocycles. The summed E-state index contributed by atoms with van der Waals surface area (Å²) in [5.41, 5.74) is 0.987. The molecule has 0 saturated carbocycles. The number of amides is 2. The maximum atomic E-state index is 12.9. The van der Waals surface area contributed by atoms with Gasteiger partial charge in [0.25, 0.3) is 11.8 Å². The summed E-state index contributed by atoms with van der Waals surface area (Å²) in [5, 5.41) is 1.51. The highest BCUT2D eigenvalue weighted by atomic mass is 35.5. The highest BCUT2D eigenvalue weighted by molar-refractivity contribution is 7.15. The minimum Gasteiger partial charge on any atom is -0.456 e. The molecule has 3 aromatic rings. The van der Waals surface area contributed by atoms with Gasteiger partial charge < -0.3 is 18.7 Å². The van der Waals surface area contributed by atoms with E-state index in [1.165, 1.54) is 24.3 Å². The van der Waals surface area contributed by atoms with Crippen molar-refractivity contribution in [2.45, 2.75) is 58.8 Å². The average molecular weight is 576 g/mol. The molecule has 1 aliphatic rings. The first-order valence-electron chi connectivity index (χ1n) is 12.3. The summed E-state index contributed by atoms with van der Waals surface area (Å²) in [6.07, 6.45) is 3.14. The summed E-state index contributed by atoms with van der Waals surface area (Å²) < 4.78 is 15.7. The maximum Gasteiger partial charge on any atom is 0.345 e. The molecule has 12 heteroatoms. The Morgan fingerprint density at radius 1 is 1.08 bits per heavy atom. The van der Waals surface area contributed by atoms with E-state index in [9.17, 15) is 24.0 Å². The summed E-state index contributed by atoms with van der Waals surface area (Å²) >= 11 is 7.84. The van der Waals surface area contributed by atoms with E-state index < -0.39 is 29.4 Å². The number of carbonyl (C=O) groups excluding carboxylic acids is 4. The van der Waals surface area contributed by atoms with Gasteiger partial charge in [-0.3, -0.25) is 14.4 Å². The standard InChI is InChI=1S/C27H26ClNO9S/c1-15-18-12-19(28)21(36-14-35-16(2)30)13-20(18)37-27(34)26(15)22-9-8-17(39-22)6-4-3-5-7-25(33)38-29-23(31)10-11-24(29)32/h8-9,12-13H,3-7,10-11,14H2,1-2H3. The Kier molecular flexibility index (Phi) is 9.03. The number of thiophene rings is 1. The van der Waals surface area contributed by atoms with Crippen LogP contribution < -0.4 is 10.4 Å². The fourth-order valence-corrected chi connectivity index (χ4v) is 5.48. The number of imide groups is 1. The highest BCUT2D eigenvalue weighted by Crippen LogP contribution is 2.36. The number of aryl methyl sites for hydroxylation is 2. The predicted octanol–water partition coefficient (Wildman–Crippen LogP) is 5.09. The van der Waals surface area contributed by atoms with Crippen LogP contribution in [0.4, 0.5) is 0 Å². The van der Waals surface area contributed by atoms with E-state index in [4.69, 9.17) is 30.3 Å². The number of hydroxylamine groups is 2. The highest BCUT2D eigenvalue weighted by Gasteiger charge is 2.32. The van der Waals surface area contributed by atoms with Crippen LogP contribution in [0.1, 0.15) is 55.9 Å². The second-order valence-corrected chi connectivity index (χ2v) is 10.5. The molecule has 1 fully saturated rings. The van der Waals surface area contributed by atoms with Gasteiger partial charge in [-0.05, 0) is 49.9 Å². The number of hydrogen-bond acceptors (Lipinski definition) is 10. The largest absolute Gasteiger partial charge is 0.456 e. The fourth-order valence-electron chi connectivity index (χ4n) is 4.12. The van der Waals surface area contributed by atoms with Gasteiger partial charge in [-0.15, -0.1) is 16.4 Å². The van der Waals surface area contributed by atoms with E-state index in [0.29, 0.717) is 28.0 Å². The van der Waals surface area contributed by atoms with Crippen molar-refractivity contribution in [2.24, 2.45) is 0 Å². The number of rotatable bonds is 11. The molecule has 4 rings (SSSR count). The maximum absolute atomic E-state index is 12.9. The van der Waals surface area contributed by atoms with E-state index in [0.717, 1.165) is 34.6 Å². The third kappa shape index (κ3) is 6.85. The van der Waals surface area contributed by atoms with Crippen molar-refractivity contribution in [1.82, 2.24) is 5.06 Å². The molecule has 206 valence electrons. The van der Waals surface area contributed by atoms with Gasteiger partial charge in [0.1, 0.15) is 11.3 Å². The molecule has 0 unspecified atom stereocenters. The number of carbonyl (C=O) groups is 4. The normalized spacial score (nSPS) is 13.3. The molecular weight excluding hydrogens is 550 g/mol. The Morgan fingerprint density at radius 2 is 1.82 bits per heavy atom. The van der Waals surface area contributed by atoms with E-state index in [1.54, 1.807) is 6.07 Å². The summed E-state index contributed by atoms with van der Waals surface area (Å²) in [7, 11) is 0. The minimum absolute atomic E-state index is 0.0677. The van der Waals surface area contributed by atoms with Crippen LogP contribution in [-0.4, -0.2) is 35.6 Å². The van der Waals surface area contributed by atoms with Crippen molar-refractivity contribution in [3.05, 3.63) is 50.1 Å². The van der Waals surface area contributed by atoms with Crippen LogP contribution >= 0.6 is 22.9 Å². The van der Waals surface area contributed by atoms with Crippen LogP contribution in [0.2, 0.25) is 5.02 Å². The average Bonchev–Trinajstić information content (AvgIpc) is 3.46. The van der Waals surface area contributed by atoms with Gasteiger partial charge in [0, 0.05) is 47.4 Å². The molecular formula is C27H26ClNO9S. The van der Waals surface area contributed by atoms with Gasteiger partial charge in [0.15, 0.2) is 0 Å². The van der Waals surface area contributed by atoms with E-state index >= 15 is 0 Å². The number of esters is 1. The van der Waals surface area contributed by atoms with Crippen LogP contribution in [0.25, 0.3) is 21.4 Å². The number of halogens is 1. The summed E-state index contributed by atoms with van der Waals surface area (Å²) in [6, 6.07) is 6.98. The van der Waals surface area contributed by atoms with Gasteiger partial charge in [-0.25, -0.2) is 9.59 Å². The fraction of sp³-hybridized carbons (Fsp3) is 0.370. The molecule has 0 spiro atoms. The summed E-state index contributed by atoms with van der Waals surface area (Å²) in [6.45, 7) is 2.77. The third-order valence-corrected chi connectivity index (χ3v) is 7.57. The number of hydrogen-bond donors (Lipinski definition) is 0. The van der Waals surface area contributed by atoms with Crippen LogP contribution in [0.15, 0.2) is 33.5 Å². The molecule has 2 amide bonds. The third-order valence-electron chi connectivity index (χ3n) is 6.11. The zero-order valence-electron chi connectivity index (χ0n) is 21.4. The first-order valence-corrected chi connectivity index (χ1v) is 13.5. The second kappa shape index (κ2) is 12.4. The van der Waals surface area contributed by atoms with Crippen LogP contribution in [0.3, 0.4) is 0 Å². The van der Waals surface area contributed by atoms with Crippen molar-refractivity contribution in [3.63, 3.8) is 0 Å². The van der Waals surface area contributed by atoms with Gasteiger partial charge in [0.05, 0.1) is 10.6 Å². The van der Waals surface area contributed by atoms with Crippen molar-refractivity contribution in [2.75, 3.05) is 6.79 Å². The number of unbranched alkanes of at least 4 members (excludes halogenated alkanes) is 2. The van der Waals surface area contributed by atoms with Crippen LogP contribution in [-0.2, 0) is 35.2 Å². The number of fused-ring (bicyclic) bond motifs is 1. The molecule has 1 aromatic carbocycles. The Labute approximate surface area is 232 Å². The lowest BCUT2D eigenvalue weighted by molar-refractivity contribution is -0.197. The Balaban J connectivity index is 1.35. The van der Waals surface area contributed by atoms with E-state index in [2.05, 4.69) is 0 Å². The molecule has 0 N–H and O–H groups in total. The molecule has 39 heavy (non-hydrogen) atoms. The molecule has 0 radical (unpaired) electrons. The monoisotopic (exact) mass is 575 g/mol. The van der Waals surface area contributed by atoms with Gasteiger partial charge in [-0.1, -0.05) is 18.0 Å². The van der Waals surface area contributed by atoms with E-state index in [-0.39, 0.29) is 36.8 Å². The Morgan fingerprint density at radius 3 is 2.54 bits per heavy atom. The lowest BCUT2D eigenvalue weighted by Gasteiger charge is -2.12. The van der Waals surface area contributed by atoms with Crippen molar-refractivity contribution in [3.8, 4) is 16.2 Å². The van der Waals surface area contributed by atoms with Gasteiger partial charge in [-0.2, -0.15) is 0 Å².